The van der Waals surface area contributed by atoms with Gasteiger partial charge >= 0.3 is 0 Å². The molecule has 1 heterocycles. The van der Waals surface area contributed by atoms with Crippen molar-refractivity contribution in [1.82, 2.24) is 4.57 Å². The summed E-state index contributed by atoms with van der Waals surface area (Å²) in [6.07, 6.45) is 0. The van der Waals surface area contributed by atoms with Crippen LogP contribution in [0.2, 0.25) is 0 Å². The first-order valence-corrected chi connectivity index (χ1v) is 24.5. The monoisotopic (exact) mass is 862 g/mol. The predicted molar refractivity (Wildman–Crippen MR) is 279 cm³/mol. The minimum atomic E-state index is -2.64. The second kappa shape index (κ2) is 16.4. The molecule has 4 heteroatoms. The van der Waals surface area contributed by atoms with E-state index in [1.807, 2.05) is 12.1 Å². The van der Waals surface area contributed by atoms with Crippen molar-refractivity contribution in [1.29, 1.82) is 0 Å². The SMILES string of the molecule is Fc1ccc(-n2c3cccc4ccc5c(N(c6ccc(-c7ccccc7)cc6)c6ccc(-c7ccc([Si](c8ccccc8)(c8ccccc8)c8ccccc8)cc7)cc6)ccc2c5c43)cc1. The van der Waals surface area contributed by atoms with Crippen LogP contribution >= 0.6 is 0 Å². The summed E-state index contributed by atoms with van der Waals surface area (Å²) in [6, 6.07) is 93.3. The molecule has 2 nitrogen and oxygen atoms in total. The summed E-state index contributed by atoms with van der Waals surface area (Å²) in [5, 5.41) is 10.1. The van der Waals surface area contributed by atoms with Gasteiger partial charge in [0.05, 0.1) is 16.7 Å². The number of benzene rings is 11. The highest BCUT2D eigenvalue weighted by Crippen LogP contribution is 2.46. The fraction of sp³-hybridized carbons (Fsp3) is 0. The summed E-state index contributed by atoms with van der Waals surface area (Å²) in [4.78, 5) is 2.38. The van der Waals surface area contributed by atoms with E-state index in [4.69, 9.17) is 0 Å². The Morgan fingerprint density at radius 3 is 1.32 bits per heavy atom. The summed E-state index contributed by atoms with van der Waals surface area (Å²) in [5.74, 6) is -0.246. The first-order valence-electron chi connectivity index (χ1n) is 22.5. The molecule has 0 radical (unpaired) electrons. The van der Waals surface area contributed by atoms with Gasteiger partial charge < -0.3 is 9.47 Å². The zero-order chi connectivity index (χ0) is 44.0. The molecule has 0 aliphatic carbocycles. The molecule has 1 aromatic heterocycles. The van der Waals surface area contributed by atoms with Crippen molar-refractivity contribution in [2.75, 3.05) is 4.90 Å². The van der Waals surface area contributed by atoms with Crippen LogP contribution in [0.3, 0.4) is 0 Å². The maximum atomic E-state index is 14.2. The van der Waals surface area contributed by atoms with Crippen LogP contribution in [0.4, 0.5) is 21.5 Å². The van der Waals surface area contributed by atoms with Crippen LogP contribution in [-0.4, -0.2) is 12.6 Å². The van der Waals surface area contributed by atoms with Crippen LogP contribution in [0.1, 0.15) is 0 Å². The number of nitrogens with zero attached hydrogens (tertiary/aromatic N) is 2. The number of hydrogen-bond donors (Lipinski definition) is 0. The molecule has 0 spiro atoms. The fourth-order valence-corrected chi connectivity index (χ4v) is 15.1. The van der Waals surface area contributed by atoms with Gasteiger partial charge in [0.1, 0.15) is 5.82 Å². The largest absolute Gasteiger partial charge is 0.310 e. The van der Waals surface area contributed by atoms with Gasteiger partial charge in [-0.25, -0.2) is 4.39 Å². The Morgan fingerprint density at radius 2 is 0.788 bits per heavy atom. The highest BCUT2D eigenvalue weighted by atomic mass is 28.3. The molecule has 0 aliphatic heterocycles. The van der Waals surface area contributed by atoms with Gasteiger partial charge in [0.15, 0.2) is 8.07 Å². The summed E-state index contributed by atoms with van der Waals surface area (Å²) in [7, 11) is -2.64. The van der Waals surface area contributed by atoms with E-state index in [-0.39, 0.29) is 5.82 Å². The van der Waals surface area contributed by atoms with Gasteiger partial charge in [-0.15, -0.1) is 0 Å². The predicted octanol–water partition coefficient (Wildman–Crippen LogP) is 13.7. The highest BCUT2D eigenvalue weighted by Gasteiger charge is 2.41. The molecular formula is C62H43FN2Si. The van der Waals surface area contributed by atoms with Crippen LogP contribution in [0.5, 0.6) is 0 Å². The Kier molecular flexibility index (Phi) is 9.73. The molecule has 0 fully saturated rings. The van der Waals surface area contributed by atoms with Gasteiger partial charge in [0.2, 0.25) is 0 Å². The zero-order valence-electron chi connectivity index (χ0n) is 36.1. The molecule has 0 bridgehead atoms. The van der Waals surface area contributed by atoms with Crippen LogP contribution in [0.15, 0.2) is 261 Å². The minimum absolute atomic E-state index is 0.246. The lowest BCUT2D eigenvalue weighted by Gasteiger charge is -2.34. The molecule has 66 heavy (non-hydrogen) atoms. The lowest BCUT2D eigenvalue weighted by Crippen LogP contribution is -2.74. The number of aromatic nitrogens is 1. The van der Waals surface area contributed by atoms with E-state index in [2.05, 4.69) is 246 Å². The average molecular weight is 863 g/mol. The van der Waals surface area contributed by atoms with Crippen molar-refractivity contribution in [2.24, 2.45) is 0 Å². The van der Waals surface area contributed by atoms with Gasteiger partial charge in [-0.1, -0.05) is 194 Å². The Morgan fingerprint density at radius 1 is 0.333 bits per heavy atom. The van der Waals surface area contributed by atoms with Crippen LogP contribution in [0, 0.1) is 5.82 Å². The van der Waals surface area contributed by atoms with Crippen molar-refractivity contribution in [2.45, 2.75) is 0 Å². The molecule has 312 valence electrons. The number of rotatable bonds is 10. The molecule has 12 aromatic rings. The zero-order valence-corrected chi connectivity index (χ0v) is 37.1. The Bertz CT molecular complexity index is 3500. The van der Waals surface area contributed by atoms with Gasteiger partial charge in [-0.2, -0.15) is 0 Å². The first kappa shape index (κ1) is 39.3. The third kappa shape index (κ3) is 6.53. The van der Waals surface area contributed by atoms with E-state index in [1.54, 1.807) is 0 Å². The number of anilines is 3. The van der Waals surface area contributed by atoms with E-state index < -0.39 is 8.07 Å². The van der Waals surface area contributed by atoms with Gasteiger partial charge in [0.25, 0.3) is 0 Å². The van der Waals surface area contributed by atoms with Crippen molar-refractivity contribution < 1.29 is 4.39 Å². The molecule has 0 atom stereocenters. The quantitative estimate of drug-likeness (QED) is 0.0755. The number of halogens is 1. The highest BCUT2D eigenvalue weighted by molar-refractivity contribution is 7.19. The van der Waals surface area contributed by atoms with E-state index >= 15 is 0 Å². The normalized spacial score (nSPS) is 11.7. The van der Waals surface area contributed by atoms with Crippen molar-refractivity contribution in [3.8, 4) is 27.9 Å². The van der Waals surface area contributed by atoms with E-state index in [1.165, 1.54) is 65.7 Å². The topological polar surface area (TPSA) is 8.17 Å². The molecule has 0 saturated heterocycles. The lowest BCUT2D eigenvalue weighted by atomic mass is 9.99. The maximum absolute atomic E-state index is 14.2. The van der Waals surface area contributed by atoms with Crippen LogP contribution in [-0.2, 0) is 0 Å². The summed E-state index contributed by atoms with van der Waals surface area (Å²) in [6.45, 7) is 0. The fourth-order valence-electron chi connectivity index (χ4n) is 10.4. The van der Waals surface area contributed by atoms with Crippen LogP contribution < -0.4 is 25.6 Å². The lowest BCUT2D eigenvalue weighted by molar-refractivity contribution is 0.627. The molecule has 0 amide bonds. The van der Waals surface area contributed by atoms with E-state index in [9.17, 15) is 4.39 Å². The van der Waals surface area contributed by atoms with Crippen molar-refractivity contribution in [3.05, 3.63) is 267 Å². The van der Waals surface area contributed by atoms with Gasteiger partial charge in [-0.05, 0) is 115 Å². The second-order valence-corrected chi connectivity index (χ2v) is 20.8. The molecule has 0 N–H and O–H groups in total. The third-order valence-corrected chi connectivity index (χ3v) is 18.2. The summed E-state index contributed by atoms with van der Waals surface area (Å²) in [5.41, 5.74) is 11.0. The van der Waals surface area contributed by atoms with Gasteiger partial charge in [-0.3, -0.25) is 0 Å². The molecule has 11 aromatic carbocycles. The minimum Gasteiger partial charge on any atom is -0.310 e. The van der Waals surface area contributed by atoms with Crippen LogP contribution in [0.25, 0.3) is 60.5 Å². The third-order valence-electron chi connectivity index (χ3n) is 13.4. The summed E-state index contributed by atoms with van der Waals surface area (Å²) >= 11 is 0. The Hall–Kier alpha value is -8.31. The standard InChI is InChI=1S/C62H43FN2Si/c63-49-31-37-52(38-32-49)65-59-23-13-16-48-30-41-57-58(42-43-60(65)62(57)61(48)59)64(50-33-24-45(25-34-50)44-14-5-1-6-15-44)51-35-26-46(27-36-51)47-28-39-56(40-29-47)66(53-17-7-2-8-18-53,54-19-9-3-10-20-54)55-21-11-4-12-22-55/h1-43H. The molecule has 0 aliphatic rings. The van der Waals surface area contributed by atoms with Gasteiger partial charge in [0, 0.05) is 33.2 Å². The second-order valence-electron chi connectivity index (χ2n) is 17.0. The van der Waals surface area contributed by atoms with E-state index in [0.717, 1.165) is 44.7 Å². The molecular weight excluding hydrogens is 820 g/mol. The van der Waals surface area contributed by atoms with E-state index in [0.29, 0.717) is 0 Å². The Labute approximate surface area is 385 Å². The molecule has 0 unspecified atom stereocenters. The van der Waals surface area contributed by atoms with Crippen molar-refractivity contribution in [3.63, 3.8) is 0 Å². The van der Waals surface area contributed by atoms with Crippen molar-refractivity contribution >= 4 is 78.5 Å². The molecule has 12 rings (SSSR count). The Balaban J connectivity index is 0.981. The smallest absolute Gasteiger partial charge is 0.179 e. The maximum Gasteiger partial charge on any atom is 0.179 e. The first-order chi connectivity index (χ1) is 32.6. The average Bonchev–Trinajstić information content (AvgIpc) is 3.74. The summed E-state index contributed by atoms with van der Waals surface area (Å²) < 4.78 is 16.5. The number of hydrogen-bond acceptors (Lipinski definition) is 1. The molecule has 0 saturated carbocycles.